The van der Waals surface area contributed by atoms with Crippen LogP contribution in [0.2, 0.25) is 0 Å². The number of hydrogen-bond acceptors (Lipinski definition) is 3. The summed E-state index contributed by atoms with van der Waals surface area (Å²) < 4.78 is 13.1. The Kier molecular flexibility index (Phi) is 6.21. The van der Waals surface area contributed by atoms with E-state index in [2.05, 4.69) is 10.6 Å². The van der Waals surface area contributed by atoms with Crippen LogP contribution in [0.3, 0.4) is 0 Å². The summed E-state index contributed by atoms with van der Waals surface area (Å²) in [5, 5.41) is 5.66. The van der Waals surface area contributed by atoms with Gasteiger partial charge < -0.3 is 10.6 Å². The molecule has 3 rings (SSSR count). The number of halogens is 1. The summed E-state index contributed by atoms with van der Waals surface area (Å²) >= 11 is 1.41. The van der Waals surface area contributed by atoms with Gasteiger partial charge in [-0.3, -0.25) is 9.59 Å². The predicted molar refractivity (Wildman–Crippen MR) is 111 cm³/mol. The normalized spacial score (nSPS) is 10.5. The van der Waals surface area contributed by atoms with Gasteiger partial charge in [-0.2, -0.15) is 0 Å². The number of amides is 2. The van der Waals surface area contributed by atoms with Crippen molar-refractivity contribution in [2.75, 3.05) is 11.9 Å². The molecule has 0 saturated heterocycles. The van der Waals surface area contributed by atoms with Crippen molar-refractivity contribution in [2.45, 2.75) is 20.3 Å². The maximum Gasteiger partial charge on any atom is 0.261 e. The molecule has 3 aromatic rings. The van der Waals surface area contributed by atoms with Crippen molar-refractivity contribution >= 4 is 28.8 Å². The van der Waals surface area contributed by atoms with E-state index in [1.807, 2.05) is 37.3 Å². The van der Waals surface area contributed by atoms with Gasteiger partial charge in [-0.05, 0) is 60.4 Å². The molecule has 6 heteroatoms. The number of carbonyl (C=O) groups excluding carboxylic acids is 2. The molecule has 1 aromatic heterocycles. The molecule has 28 heavy (non-hydrogen) atoms. The average Bonchev–Trinajstić information content (AvgIpc) is 3.05. The molecule has 0 aliphatic rings. The van der Waals surface area contributed by atoms with Crippen LogP contribution < -0.4 is 10.6 Å². The lowest BCUT2D eigenvalue weighted by atomic mass is 10.1. The van der Waals surface area contributed by atoms with Gasteiger partial charge in [-0.1, -0.05) is 24.3 Å². The first-order valence-corrected chi connectivity index (χ1v) is 9.75. The Hall–Kier alpha value is -2.99. The largest absolute Gasteiger partial charge is 0.351 e. The first kappa shape index (κ1) is 19.8. The highest BCUT2D eigenvalue weighted by Crippen LogP contribution is 2.32. The average molecular weight is 396 g/mol. The van der Waals surface area contributed by atoms with Crippen LogP contribution in [-0.2, 0) is 11.2 Å². The number of aryl methyl sites for hydroxylation is 1. The van der Waals surface area contributed by atoms with E-state index < -0.39 is 0 Å². The highest BCUT2D eigenvalue weighted by molar-refractivity contribution is 7.17. The summed E-state index contributed by atoms with van der Waals surface area (Å²) in [6, 6.07) is 15.7. The van der Waals surface area contributed by atoms with Gasteiger partial charge in [0.05, 0.1) is 4.88 Å². The van der Waals surface area contributed by atoms with Gasteiger partial charge in [0, 0.05) is 24.0 Å². The fourth-order valence-corrected chi connectivity index (χ4v) is 3.94. The molecule has 4 nitrogen and oxygen atoms in total. The SMILES string of the molecule is CC(=O)Nc1ccc(CCNC(=O)c2cc(C)c(-c3ccc(F)cc3)s2)cc1. The number of hydrogen-bond donors (Lipinski definition) is 2. The minimum Gasteiger partial charge on any atom is -0.351 e. The van der Waals surface area contributed by atoms with E-state index in [4.69, 9.17) is 0 Å². The molecule has 2 amide bonds. The third-order valence-electron chi connectivity index (χ3n) is 4.22. The van der Waals surface area contributed by atoms with Gasteiger partial charge in [0.1, 0.15) is 5.82 Å². The molecular weight excluding hydrogens is 375 g/mol. The van der Waals surface area contributed by atoms with Crippen molar-refractivity contribution < 1.29 is 14.0 Å². The van der Waals surface area contributed by atoms with Crippen molar-refractivity contribution in [3.63, 3.8) is 0 Å². The van der Waals surface area contributed by atoms with Crippen molar-refractivity contribution in [1.82, 2.24) is 5.32 Å². The summed E-state index contributed by atoms with van der Waals surface area (Å²) in [4.78, 5) is 25.1. The quantitative estimate of drug-likeness (QED) is 0.629. The van der Waals surface area contributed by atoms with Crippen LogP contribution in [0.1, 0.15) is 27.7 Å². The molecule has 0 fully saturated rings. The predicted octanol–water partition coefficient (Wildman–Crippen LogP) is 4.79. The highest BCUT2D eigenvalue weighted by atomic mass is 32.1. The number of rotatable bonds is 6. The molecule has 1 heterocycles. The maximum absolute atomic E-state index is 13.1. The molecule has 0 bridgehead atoms. The molecule has 2 aromatic carbocycles. The first-order valence-electron chi connectivity index (χ1n) is 8.93. The lowest BCUT2D eigenvalue weighted by molar-refractivity contribution is -0.114. The molecule has 0 aliphatic carbocycles. The van der Waals surface area contributed by atoms with Gasteiger partial charge in [0.2, 0.25) is 5.91 Å². The number of nitrogens with one attached hydrogen (secondary N) is 2. The highest BCUT2D eigenvalue weighted by Gasteiger charge is 2.13. The number of carbonyl (C=O) groups is 2. The summed E-state index contributed by atoms with van der Waals surface area (Å²) in [5.74, 6) is -0.497. The number of anilines is 1. The van der Waals surface area contributed by atoms with Gasteiger partial charge >= 0.3 is 0 Å². The van der Waals surface area contributed by atoms with Crippen LogP contribution >= 0.6 is 11.3 Å². The fourth-order valence-electron chi connectivity index (χ4n) is 2.85. The van der Waals surface area contributed by atoms with Crippen LogP contribution in [0.4, 0.5) is 10.1 Å². The monoisotopic (exact) mass is 396 g/mol. The van der Waals surface area contributed by atoms with E-state index in [0.29, 0.717) is 17.8 Å². The summed E-state index contributed by atoms with van der Waals surface area (Å²) in [5.41, 5.74) is 3.73. The van der Waals surface area contributed by atoms with E-state index in [1.165, 1.54) is 30.4 Å². The topological polar surface area (TPSA) is 58.2 Å². The zero-order valence-corrected chi connectivity index (χ0v) is 16.5. The third kappa shape index (κ3) is 5.04. The molecule has 0 aliphatic heterocycles. The lowest BCUT2D eigenvalue weighted by Crippen LogP contribution is -2.24. The van der Waals surface area contributed by atoms with Gasteiger partial charge in [-0.15, -0.1) is 11.3 Å². The van der Waals surface area contributed by atoms with Crippen molar-refractivity contribution in [2.24, 2.45) is 0 Å². The van der Waals surface area contributed by atoms with Crippen LogP contribution in [0.25, 0.3) is 10.4 Å². The Morgan fingerprint density at radius 1 is 1.04 bits per heavy atom. The van der Waals surface area contributed by atoms with Crippen LogP contribution in [0, 0.1) is 12.7 Å². The van der Waals surface area contributed by atoms with E-state index in [9.17, 15) is 14.0 Å². The zero-order valence-electron chi connectivity index (χ0n) is 15.7. The Labute approximate surface area is 167 Å². The molecule has 0 saturated carbocycles. The van der Waals surface area contributed by atoms with Gasteiger partial charge in [0.15, 0.2) is 0 Å². The van der Waals surface area contributed by atoms with E-state index in [0.717, 1.165) is 27.3 Å². The Morgan fingerprint density at radius 3 is 2.36 bits per heavy atom. The molecule has 0 atom stereocenters. The minimum atomic E-state index is -0.277. The zero-order chi connectivity index (χ0) is 20.1. The van der Waals surface area contributed by atoms with E-state index >= 15 is 0 Å². The Morgan fingerprint density at radius 2 is 1.71 bits per heavy atom. The third-order valence-corrected chi connectivity index (χ3v) is 5.51. The van der Waals surface area contributed by atoms with Crippen LogP contribution in [0.15, 0.2) is 54.6 Å². The Balaban J connectivity index is 1.57. The molecule has 0 spiro atoms. The summed E-state index contributed by atoms with van der Waals surface area (Å²) in [7, 11) is 0. The smallest absolute Gasteiger partial charge is 0.261 e. The standard InChI is InChI=1S/C22H21FN2O2S/c1-14-13-20(28-21(14)17-5-7-18(23)8-6-17)22(27)24-12-11-16-3-9-19(10-4-16)25-15(2)26/h3-10,13H,11-12H2,1-2H3,(H,24,27)(H,25,26). The van der Waals surface area contributed by atoms with Gasteiger partial charge in [0.25, 0.3) is 5.91 Å². The van der Waals surface area contributed by atoms with E-state index in [-0.39, 0.29) is 17.6 Å². The van der Waals surface area contributed by atoms with E-state index in [1.54, 1.807) is 12.1 Å². The second-order valence-electron chi connectivity index (χ2n) is 6.51. The van der Waals surface area contributed by atoms with Crippen molar-refractivity contribution in [3.8, 4) is 10.4 Å². The first-order chi connectivity index (χ1) is 13.4. The molecule has 144 valence electrons. The second kappa shape index (κ2) is 8.80. The maximum atomic E-state index is 13.1. The molecule has 2 N–H and O–H groups in total. The van der Waals surface area contributed by atoms with Crippen molar-refractivity contribution in [3.05, 3.63) is 76.4 Å². The Bertz CT molecular complexity index is 979. The van der Waals surface area contributed by atoms with Crippen LogP contribution in [0.5, 0.6) is 0 Å². The minimum absolute atomic E-state index is 0.105. The van der Waals surface area contributed by atoms with Crippen molar-refractivity contribution in [1.29, 1.82) is 0 Å². The summed E-state index contributed by atoms with van der Waals surface area (Å²) in [6.45, 7) is 3.93. The molecular formula is C22H21FN2O2S. The summed E-state index contributed by atoms with van der Waals surface area (Å²) in [6.07, 6.45) is 0.696. The van der Waals surface area contributed by atoms with Crippen LogP contribution in [-0.4, -0.2) is 18.4 Å². The second-order valence-corrected chi connectivity index (χ2v) is 7.57. The number of benzene rings is 2. The molecule has 0 unspecified atom stereocenters. The number of thiophene rings is 1. The molecule has 0 radical (unpaired) electrons. The fraction of sp³-hybridized carbons (Fsp3) is 0.182. The van der Waals surface area contributed by atoms with Gasteiger partial charge in [-0.25, -0.2) is 4.39 Å². The lowest BCUT2D eigenvalue weighted by Gasteiger charge is -2.06.